The van der Waals surface area contributed by atoms with Gasteiger partial charge in [-0.3, -0.25) is 9.59 Å². The van der Waals surface area contributed by atoms with Crippen LogP contribution in [0, 0.1) is 11.7 Å². The van der Waals surface area contributed by atoms with Gasteiger partial charge in [-0.15, -0.1) is 0 Å². The molecule has 0 N–H and O–H groups in total. The van der Waals surface area contributed by atoms with Gasteiger partial charge >= 0.3 is 0 Å². The smallest absolute Gasteiger partial charge is 0.282 e. The third kappa shape index (κ3) is 3.50. The Balaban J connectivity index is 1.82. The Hall–Kier alpha value is -3.15. The minimum Gasteiger partial charge on any atom is -0.497 e. The van der Waals surface area contributed by atoms with Crippen LogP contribution >= 0.6 is 0 Å². The molecule has 0 aliphatic carbocycles. The number of hydrogen-bond acceptors (Lipinski definition) is 4. The van der Waals surface area contributed by atoms with Gasteiger partial charge in [0.1, 0.15) is 17.3 Å². The lowest BCUT2D eigenvalue weighted by molar-refractivity contribution is -0.120. The summed E-state index contributed by atoms with van der Waals surface area (Å²) in [6.45, 7) is 3.58. The molecule has 2 aromatic carbocycles. The van der Waals surface area contributed by atoms with Crippen molar-refractivity contribution in [2.45, 2.75) is 19.8 Å². The highest BCUT2D eigenvalue weighted by Crippen LogP contribution is 2.37. The van der Waals surface area contributed by atoms with Crippen molar-refractivity contribution in [3.05, 3.63) is 65.6 Å². The first-order valence-corrected chi connectivity index (χ1v) is 9.77. The number of piperidine rings is 1. The van der Waals surface area contributed by atoms with Gasteiger partial charge < -0.3 is 9.64 Å². The van der Waals surface area contributed by atoms with Crippen molar-refractivity contribution in [1.29, 1.82) is 0 Å². The Morgan fingerprint density at radius 2 is 1.83 bits per heavy atom. The van der Waals surface area contributed by atoms with E-state index >= 15 is 0 Å². The predicted octanol–water partition coefficient (Wildman–Crippen LogP) is 3.85. The molecule has 2 heterocycles. The van der Waals surface area contributed by atoms with Crippen LogP contribution in [0.4, 0.5) is 10.1 Å². The van der Waals surface area contributed by atoms with Crippen molar-refractivity contribution < 1.29 is 18.7 Å². The Morgan fingerprint density at radius 3 is 2.52 bits per heavy atom. The van der Waals surface area contributed by atoms with E-state index in [2.05, 4.69) is 6.92 Å². The highest BCUT2D eigenvalue weighted by atomic mass is 19.1. The first-order chi connectivity index (χ1) is 14.0. The lowest BCUT2D eigenvalue weighted by Crippen LogP contribution is -2.39. The number of anilines is 1. The third-order valence-corrected chi connectivity index (χ3v) is 5.48. The maximum atomic E-state index is 13.5. The van der Waals surface area contributed by atoms with Gasteiger partial charge in [0.05, 0.1) is 18.4 Å². The number of rotatable bonds is 4. The van der Waals surface area contributed by atoms with Crippen molar-refractivity contribution >= 4 is 23.1 Å². The van der Waals surface area contributed by atoms with Gasteiger partial charge in [-0.25, -0.2) is 9.29 Å². The van der Waals surface area contributed by atoms with Gasteiger partial charge in [-0.1, -0.05) is 25.1 Å². The summed E-state index contributed by atoms with van der Waals surface area (Å²) in [5.74, 6) is -0.144. The van der Waals surface area contributed by atoms with Crippen molar-refractivity contribution in [2.24, 2.45) is 5.92 Å². The maximum Gasteiger partial charge on any atom is 0.282 e. The van der Waals surface area contributed by atoms with Crippen LogP contribution in [0.2, 0.25) is 0 Å². The Kier molecular flexibility index (Phi) is 5.09. The Morgan fingerprint density at radius 1 is 1.07 bits per heavy atom. The van der Waals surface area contributed by atoms with Crippen LogP contribution in [0.5, 0.6) is 5.75 Å². The highest BCUT2D eigenvalue weighted by molar-refractivity contribution is 6.45. The number of benzene rings is 2. The van der Waals surface area contributed by atoms with Gasteiger partial charge in [-0.2, -0.15) is 0 Å². The van der Waals surface area contributed by atoms with Gasteiger partial charge in [0.15, 0.2) is 0 Å². The molecule has 2 amide bonds. The summed E-state index contributed by atoms with van der Waals surface area (Å²) in [5.41, 5.74) is 1.73. The van der Waals surface area contributed by atoms with Crippen LogP contribution < -0.4 is 9.64 Å². The molecule has 1 unspecified atom stereocenters. The molecular weight excluding hydrogens is 371 g/mol. The second-order valence-electron chi connectivity index (χ2n) is 7.57. The fraction of sp³-hybridized carbons (Fsp3) is 0.304. The van der Waals surface area contributed by atoms with Crippen LogP contribution in [0.3, 0.4) is 0 Å². The predicted molar refractivity (Wildman–Crippen MR) is 109 cm³/mol. The van der Waals surface area contributed by atoms with Gasteiger partial charge in [0.25, 0.3) is 11.8 Å². The fourth-order valence-corrected chi connectivity index (χ4v) is 4.06. The molecule has 0 spiro atoms. The van der Waals surface area contributed by atoms with E-state index in [0.29, 0.717) is 40.7 Å². The van der Waals surface area contributed by atoms with E-state index in [0.717, 1.165) is 19.4 Å². The molecule has 1 atom stereocenters. The zero-order valence-electron chi connectivity index (χ0n) is 16.5. The Bertz CT molecular complexity index is 984. The molecule has 0 aromatic heterocycles. The fourth-order valence-electron chi connectivity index (χ4n) is 4.06. The van der Waals surface area contributed by atoms with Crippen LogP contribution in [0.1, 0.15) is 25.3 Å². The number of imide groups is 1. The molecule has 2 aromatic rings. The highest BCUT2D eigenvalue weighted by Gasteiger charge is 2.43. The minimum atomic E-state index is -0.400. The Labute approximate surface area is 169 Å². The second kappa shape index (κ2) is 7.70. The zero-order valence-corrected chi connectivity index (χ0v) is 16.5. The van der Waals surface area contributed by atoms with Gasteiger partial charge in [-0.05, 0) is 48.6 Å². The average Bonchev–Trinajstić information content (AvgIpc) is 2.99. The molecule has 4 rings (SSSR count). The van der Waals surface area contributed by atoms with Crippen molar-refractivity contribution in [2.75, 3.05) is 25.1 Å². The molecule has 0 saturated carbocycles. The molecular formula is C23H23FN2O3. The van der Waals surface area contributed by atoms with Crippen LogP contribution in [-0.2, 0) is 9.59 Å². The molecule has 2 aliphatic heterocycles. The normalized spacial score (nSPS) is 19.9. The number of carbonyl (C=O) groups excluding carboxylic acids is 2. The molecule has 1 fully saturated rings. The van der Waals surface area contributed by atoms with Crippen molar-refractivity contribution in [1.82, 2.24) is 4.90 Å². The van der Waals surface area contributed by atoms with E-state index < -0.39 is 5.91 Å². The maximum absolute atomic E-state index is 13.5. The van der Waals surface area contributed by atoms with Gasteiger partial charge in [0.2, 0.25) is 0 Å². The first-order valence-electron chi connectivity index (χ1n) is 9.77. The molecule has 0 radical (unpaired) electrons. The molecule has 1 saturated heterocycles. The number of amides is 2. The standard InChI is InChI=1S/C23H23FN2O3/c1-15-5-4-12-25(14-15)21-20(16-8-10-17(24)11-9-16)22(27)26(23(21)28)18-6-3-7-19(13-18)29-2/h3,6-11,13,15H,4-5,12,14H2,1-2H3. The minimum absolute atomic E-state index is 0.326. The van der Waals surface area contributed by atoms with E-state index in [-0.39, 0.29) is 11.7 Å². The number of ether oxygens (including phenoxy) is 1. The van der Waals surface area contributed by atoms with E-state index in [1.54, 1.807) is 36.4 Å². The number of likely N-dealkylation sites (tertiary alicyclic amines) is 1. The molecule has 2 aliphatic rings. The second-order valence-corrected chi connectivity index (χ2v) is 7.57. The van der Waals surface area contributed by atoms with E-state index in [1.165, 1.54) is 24.1 Å². The van der Waals surface area contributed by atoms with E-state index in [9.17, 15) is 14.0 Å². The van der Waals surface area contributed by atoms with E-state index in [1.807, 2.05) is 4.90 Å². The summed E-state index contributed by atoms with van der Waals surface area (Å²) in [4.78, 5) is 30.1. The van der Waals surface area contributed by atoms with Crippen molar-refractivity contribution in [3.8, 4) is 5.75 Å². The topological polar surface area (TPSA) is 49.9 Å². The zero-order chi connectivity index (χ0) is 20.5. The molecule has 5 nitrogen and oxygen atoms in total. The number of halogens is 1. The quantitative estimate of drug-likeness (QED) is 0.739. The SMILES string of the molecule is COc1cccc(N2C(=O)C(c3ccc(F)cc3)=C(N3CCCC(C)C3)C2=O)c1. The molecule has 6 heteroatoms. The monoisotopic (exact) mass is 394 g/mol. The number of methoxy groups -OCH3 is 1. The number of nitrogens with zero attached hydrogens (tertiary/aromatic N) is 2. The summed E-state index contributed by atoms with van der Waals surface area (Å²) < 4.78 is 18.7. The molecule has 0 bridgehead atoms. The summed E-state index contributed by atoms with van der Waals surface area (Å²) in [7, 11) is 1.54. The lowest BCUT2D eigenvalue weighted by atomic mass is 9.98. The number of hydrogen-bond donors (Lipinski definition) is 0. The lowest BCUT2D eigenvalue weighted by Gasteiger charge is -2.33. The van der Waals surface area contributed by atoms with Crippen LogP contribution in [0.15, 0.2) is 54.2 Å². The third-order valence-electron chi connectivity index (χ3n) is 5.48. The summed E-state index contributed by atoms with van der Waals surface area (Å²) >= 11 is 0. The summed E-state index contributed by atoms with van der Waals surface area (Å²) in [6.07, 6.45) is 2.05. The largest absolute Gasteiger partial charge is 0.497 e. The summed E-state index contributed by atoms with van der Waals surface area (Å²) in [5, 5.41) is 0. The average molecular weight is 394 g/mol. The van der Waals surface area contributed by atoms with Crippen LogP contribution in [-0.4, -0.2) is 36.9 Å². The summed E-state index contributed by atoms with van der Waals surface area (Å²) in [6, 6.07) is 12.6. The molecule has 29 heavy (non-hydrogen) atoms. The van der Waals surface area contributed by atoms with Gasteiger partial charge in [0, 0.05) is 19.2 Å². The van der Waals surface area contributed by atoms with E-state index in [4.69, 9.17) is 4.74 Å². The molecule has 150 valence electrons. The van der Waals surface area contributed by atoms with Crippen LogP contribution in [0.25, 0.3) is 5.57 Å². The van der Waals surface area contributed by atoms with Crippen molar-refractivity contribution in [3.63, 3.8) is 0 Å². The number of carbonyl (C=O) groups is 2. The first kappa shape index (κ1) is 19.2.